The summed E-state index contributed by atoms with van der Waals surface area (Å²) in [6.45, 7) is 5.98. The standard InChI is InChI=1S/C23H30N4O3/c1-24-23(25-10-9-19-5-3-4-6-20(19)28-2)27-13-11-26(12-14-27)16-18-7-8-21-22(15-18)30-17-29-21/h3-8,15H,9-14,16-17H2,1-2H3,(H,24,25). The second-order valence-electron chi connectivity index (χ2n) is 7.49. The smallest absolute Gasteiger partial charge is 0.231 e. The van der Waals surface area contributed by atoms with E-state index in [1.54, 1.807) is 7.11 Å². The summed E-state index contributed by atoms with van der Waals surface area (Å²) in [5.41, 5.74) is 2.46. The molecule has 1 fully saturated rings. The number of hydrogen-bond acceptors (Lipinski definition) is 5. The fraction of sp³-hybridized carbons (Fsp3) is 0.435. The van der Waals surface area contributed by atoms with Crippen LogP contribution >= 0.6 is 0 Å². The molecular weight excluding hydrogens is 380 g/mol. The molecular formula is C23H30N4O3. The van der Waals surface area contributed by atoms with Crippen LogP contribution in [-0.4, -0.2) is 69.4 Å². The third-order valence-electron chi connectivity index (χ3n) is 5.60. The van der Waals surface area contributed by atoms with Gasteiger partial charge in [0.1, 0.15) is 5.75 Å². The SMILES string of the molecule is CN=C(NCCc1ccccc1OC)N1CCN(Cc2ccc3c(c2)OCO3)CC1. The van der Waals surface area contributed by atoms with Crippen molar-refractivity contribution in [2.24, 2.45) is 4.99 Å². The molecule has 30 heavy (non-hydrogen) atoms. The van der Waals surface area contributed by atoms with Crippen LogP contribution in [0.5, 0.6) is 17.2 Å². The molecule has 0 amide bonds. The summed E-state index contributed by atoms with van der Waals surface area (Å²) in [6, 6.07) is 14.4. The Morgan fingerprint density at radius 3 is 2.67 bits per heavy atom. The lowest BCUT2D eigenvalue weighted by Gasteiger charge is -2.36. The van der Waals surface area contributed by atoms with E-state index in [0.29, 0.717) is 6.79 Å². The van der Waals surface area contributed by atoms with E-state index >= 15 is 0 Å². The second-order valence-corrected chi connectivity index (χ2v) is 7.49. The molecule has 0 atom stereocenters. The zero-order chi connectivity index (χ0) is 20.8. The lowest BCUT2D eigenvalue weighted by molar-refractivity contribution is 0.171. The largest absolute Gasteiger partial charge is 0.496 e. The normalized spacial score (nSPS) is 16.6. The highest BCUT2D eigenvalue weighted by atomic mass is 16.7. The number of nitrogens with one attached hydrogen (secondary N) is 1. The predicted molar refractivity (Wildman–Crippen MR) is 117 cm³/mol. The van der Waals surface area contributed by atoms with Crippen molar-refractivity contribution in [2.75, 3.05) is 53.7 Å². The third kappa shape index (κ3) is 4.79. The van der Waals surface area contributed by atoms with Crippen molar-refractivity contribution >= 4 is 5.96 Å². The maximum atomic E-state index is 5.49. The number of aliphatic imine (C=N–C) groups is 1. The molecule has 4 rings (SSSR count). The molecule has 0 aliphatic carbocycles. The van der Waals surface area contributed by atoms with Gasteiger partial charge in [0.25, 0.3) is 0 Å². The molecule has 2 aliphatic rings. The first-order valence-electron chi connectivity index (χ1n) is 10.4. The number of methoxy groups -OCH3 is 1. The van der Waals surface area contributed by atoms with Crippen molar-refractivity contribution in [1.82, 2.24) is 15.1 Å². The third-order valence-corrected chi connectivity index (χ3v) is 5.60. The highest BCUT2D eigenvalue weighted by Crippen LogP contribution is 2.32. The monoisotopic (exact) mass is 410 g/mol. The summed E-state index contributed by atoms with van der Waals surface area (Å²) in [7, 11) is 3.57. The number of rotatable bonds is 6. The van der Waals surface area contributed by atoms with Gasteiger partial charge < -0.3 is 24.4 Å². The maximum Gasteiger partial charge on any atom is 0.231 e. The van der Waals surface area contributed by atoms with Crippen LogP contribution in [-0.2, 0) is 13.0 Å². The number of para-hydroxylation sites is 1. The van der Waals surface area contributed by atoms with Crippen LogP contribution in [0.15, 0.2) is 47.5 Å². The number of piperazine rings is 1. The van der Waals surface area contributed by atoms with Gasteiger partial charge in [-0.25, -0.2) is 0 Å². The molecule has 2 aromatic rings. The van der Waals surface area contributed by atoms with Crippen LogP contribution in [0, 0.1) is 0 Å². The van der Waals surface area contributed by atoms with Gasteiger partial charge in [-0.1, -0.05) is 24.3 Å². The van der Waals surface area contributed by atoms with Crippen LogP contribution in [0.3, 0.4) is 0 Å². The Balaban J connectivity index is 1.24. The lowest BCUT2D eigenvalue weighted by Crippen LogP contribution is -2.52. The Morgan fingerprint density at radius 1 is 1.07 bits per heavy atom. The first-order valence-corrected chi connectivity index (χ1v) is 10.4. The van der Waals surface area contributed by atoms with Crippen LogP contribution in [0.2, 0.25) is 0 Å². The topological polar surface area (TPSA) is 58.6 Å². The average molecular weight is 411 g/mol. The minimum absolute atomic E-state index is 0.320. The molecule has 0 spiro atoms. The highest BCUT2D eigenvalue weighted by Gasteiger charge is 2.21. The molecule has 0 saturated carbocycles. The molecule has 7 heteroatoms. The molecule has 7 nitrogen and oxygen atoms in total. The number of fused-ring (bicyclic) bond motifs is 1. The van der Waals surface area contributed by atoms with Gasteiger partial charge in [-0.3, -0.25) is 9.89 Å². The van der Waals surface area contributed by atoms with Gasteiger partial charge >= 0.3 is 0 Å². The molecule has 2 heterocycles. The number of nitrogens with zero attached hydrogens (tertiary/aromatic N) is 3. The fourth-order valence-corrected chi connectivity index (χ4v) is 3.97. The molecule has 0 bridgehead atoms. The van der Waals surface area contributed by atoms with Gasteiger partial charge in [0.05, 0.1) is 7.11 Å². The van der Waals surface area contributed by atoms with Gasteiger partial charge in [-0.05, 0) is 35.7 Å². The van der Waals surface area contributed by atoms with E-state index in [0.717, 1.165) is 68.9 Å². The quantitative estimate of drug-likeness (QED) is 0.583. The van der Waals surface area contributed by atoms with Gasteiger partial charge in [0.2, 0.25) is 6.79 Å². The van der Waals surface area contributed by atoms with E-state index in [9.17, 15) is 0 Å². The Labute approximate surface area is 178 Å². The van der Waals surface area contributed by atoms with E-state index < -0.39 is 0 Å². The molecule has 0 aromatic heterocycles. The minimum atomic E-state index is 0.320. The maximum absolute atomic E-state index is 5.49. The molecule has 1 N–H and O–H groups in total. The van der Waals surface area contributed by atoms with Gasteiger partial charge in [-0.15, -0.1) is 0 Å². The van der Waals surface area contributed by atoms with Crippen molar-refractivity contribution in [3.8, 4) is 17.2 Å². The second kappa shape index (κ2) is 9.71. The van der Waals surface area contributed by atoms with Crippen molar-refractivity contribution < 1.29 is 14.2 Å². The molecule has 0 radical (unpaired) electrons. The molecule has 2 aromatic carbocycles. The summed E-state index contributed by atoms with van der Waals surface area (Å²) >= 11 is 0. The first-order chi connectivity index (χ1) is 14.8. The van der Waals surface area contributed by atoms with E-state index in [-0.39, 0.29) is 0 Å². The van der Waals surface area contributed by atoms with E-state index in [4.69, 9.17) is 14.2 Å². The van der Waals surface area contributed by atoms with Gasteiger partial charge in [0, 0.05) is 46.3 Å². The zero-order valence-electron chi connectivity index (χ0n) is 17.8. The Morgan fingerprint density at radius 2 is 1.87 bits per heavy atom. The Hall–Kier alpha value is -2.93. The zero-order valence-corrected chi connectivity index (χ0v) is 17.8. The first kappa shape index (κ1) is 20.3. The number of hydrogen-bond donors (Lipinski definition) is 1. The summed E-state index contributed by atoms with van der Waals surface area (Å²) in [4.78, 5) is 9.29. The Bertz CT molecular complexity index is 879. The highest BCUT2D eigenvalue weighted by molar-refractivity contribution is 5.80. The summed E-state index contributed by atoms with van der Waals surface area (Å²) in [6.07, 6.45) is 0.896. The van der Waals surface area contributed by atoms with E-state index in [1.807, 2.05) is 31.3 Å². The van der Waals surface area contributed by atoms with Crippen molar-refractivity contribution in [3.05, 3.63) is 53.6 Å². The molecule has 160 valence electrons. The van der Waals surface area contributed by atoms with Gasteiger partial charge in [-0.2, -0.15) is 0 Å². The van der Waals surface area contributed by atoms with Crippen molar-refractivity contribution in [2.45, 2.75) is 13.0 Å². The Kier molecular flexibility index (Phi) is 6.59. The van der Waals surface area contributed by atoms with Crippen LogP contribution < -0.4 is 19.5 Å². The average Bonchev–Trinajstić information content (AvgIpc) is 3.26. The lowest BCUT2D eigenvalue weighted by atomic mass is 10.1. The molecule has 2 aliphatic heterocycles. The summed E-state index contributed by atoms with van der Waals surface area (Å²) < 4.78 is 16.3. The number of guanidine groups is 1. The fourth-order valence-electron chi connectivity index (χ4n) is 3.97. The van der Waals surface area contributed by atoms with E-state index in [2.05, 4.69) is 38.3 Å². The van der Waals surface area contributed by atoms with E-state index in [1.165, 1.54) is 11.1 Å². The molecule has 1 saturated heterocycles. The number of benzene rings is 2. The predicted octanol–water partition coefficient (Wildman–Crippen LogP) is 2.36. The van der Waals surface area contributed by atoms with Crippen LogP contribution in [0.4, 0.5) is 0 Å². The minimum Gasteiger partial charge on any atom is -0.496 e. The number of ether oxygens (including phenoxy) is 3. The van der Waals surface area contributed by atoms with Gasteiger partial charge in [0.15, 0.2) is 17.5 Å². The molecule has 0 unspecified atom stereocenters. The summed E-state index contributed by atoms with van der Waals surface area (Å²) in [5.74, 6) is 3.59. The van der Waals surface area contributed by atoms with Crippen molar-refractivity contribution in [3.63, 3.8) is 0 Å². The summed E-state index contributed by atoms with van der Waals surface area (Å²) in [5, 5.41) is 3.50. The van der Waals surface area contributed by atoms with Crippen molar-refractivity contribution in [1.29, 1.82) is 0 Å². The van der Waals surface area contributed by atoms with Crippen LogP contribution in [0.1, 0.15) is 11.1 Å². The van der Waals surface area contributed by atoms with Crippen LogP contribution in [0.25, 0.3) is 0 Å².